The van der Waals surface area contributed by atoms with Crippen molar-refractivity contribution in [3.05, 3.63) is 12.2 Å². The van der Waals surface area contributed by atoms with Crippen LogP contribution in [0.2, 0.25) is 0 Å². The molecule has 0 fully saturated rings. The van der Waals surface area contributed by atoms with Crippen LogP contribution in [-0.2, 0) is 4.74 Å². The molecule has 0 atom stereocenters. The summed E-state index contributed by atoms with van der Waals surface area (Å²) in [7, 11) is 1.70. The molecule has 48 valence electrons. The summed E-state index contributed by atoms with van der Waals surface area (Å²) in [4.78, 5) is 0. The zero-order valence-corrected chi connectivity index (χ0v) is 7.22. The summed E-state index contributed by atoms with van der Waals surface area (Å²) in [5.41, 5.74) is 0. The molecule has 0 aliphatic heterocycles. The molecule has 0 saturated heterocycles. The van der Waals surface area contributed by atoms with E-state index >= 15 is 0 Å². The Labute approximate surface area is 64.2 Å². The third kappa shape index (κ3) is 6.43. The summed E-state index contributed by atoms with van der Waals surface area (Å²) >= 11 is 2.35. The first-order chi connectivity index (χ1) is 3.91. The molecular weight excluding hydrogens is 215 g/mol. The maximum Gasteiger partial charge on any atom is 0.0643 e. The van der Waals surface area contributed by atoms with Crippen molar-refractivity contribution in [2.45, 2.75) is 6.42 Å². The van der Waals surface area contributed by atoms with Crippen molar-refractivity contribution in [1.29, 1.82) is 0 Å². The number of hydrogen-bond donors (Lipinski definition) is 0. The molecule has 0 aromatic carbocycles. The van der Waals surface area contributed by atoms with Gasteiger partial charge in [0.25, 0.3) is 0 Å². The van der Waals surface area contributed by atoms with Crippen molar-refractivity contribution < 1.29 is 4.74 Å². The SMILES string of the molecule is COC/C=C/CCI. The zero-order valence-electron chi connectivity index (χ0n) is 5.06. The van der Waals surface area contributed by atoms with E-state index in [1.54, 1.807) is 7.11 Å². The normalized spacial score (nSPS) is 10.8. The van der Waals surface area contributed by atoms with Crippen molar-refractivity contribution in [1.82, 2.24) is 0 Å². The second kappa shape index (κ2) is 7.43. The largest absolute Gasteiger partial charge is 0.381 e. The molecular formula is C6H11IO. The molecule has 1 nitrogen and oxygen atoms in total. The zero-order chi connectivity index (χ0) is 6.24. The molecule has 0 saturated carbocycles. The van der Waals surface area contributed by atoms with E-state index < -0.39 is 0 Å². The van der Waals surface area contributed by atoms with E-state index in [1.165, 1.54) is 4.43 Å². The highest BCUT2D eigenvalue weighted by Crippen LogP contribution is 1.88. The summed E-state index contributed by atoms with van der Waals surface area (Å²) in [5.74, 6) is 0. The van der Waals surface area contributed by atoms with Crippen LogP contribution in [0.25, 0.3) is 0 Å². The van der Waals surface area contributed by atoms with E-state index in [4.69, 9.17) is 4.74 Å². The van der Waals surface area contributed by atoms with Crippen LogP contribution >= 0.6 is 22.6 Å². The maximum absolute atomic E-state index is 4.80. The van der Waals surface area contributed by atoms with Gasteiger partial charge in [0, 0.05) is 11.5 Å². The summed E-state index contributed by atoms with van der Waals surface area (Å²) in [6, 6.07) is 0. The number of alkyl halides is 1. The molecule has 0 bridgehead atoms. The lowest BCUT2D eigenvalue weighted by Crippen LogP contribution is -1.79. The first kappa shape index (κ1) is 8.43. The van der Waals surface area contributed by atoms with E-state index in [0.717, 1.165) is 13.0 Å². The standard InChI is InChI=1S/C6H11IO/c1-8-6-4-2-3-5-7/h2,4H,3,5-6H2,1H3/b4-2+. The number of hydrogen-bond acceptors (Lipinski definition) is 1. The highest BCUT2D eigenvalue weighted by atomic mass is 127. The van der Waals surface area contributed by atoms with Crippen molar-refractivity contribution in [2.75, 3.05) is 18.1 Å². The van der Waals surface area contributed by atoms with Gasteiger partial charge in [-0.2, -0.15) is 0 Å². The van der Waals surface area contributed by atoms with Gasteiger partial charge in [-0.05, 0) is 6.42 Å². The smallest absolute Gasteiger partial charge is 0.0643 e. The Hall–Kier alpha value is 0.430. The van der Waals surface area contributed by atoms with E-state index in [2.05, 4.69) is 28.7 Å². The minimum absolute atomic E-state index is 0.747. The van der Waals surface area contributed by atoms with Gasteiger partial charge in [-0.15, -0.1) is 0 Å². The van der Waals surface area contributed by atoms with E-state index in [1.807, 2.05) is 6.08 Å². The van der Waals surface area contributed by atoms with E-state index in [9.17, 15) is 0 Å². The highest BCUT2D eigenvalue weighted by molar-refractivity contribution is 14.1. The van der Waals surface area contributed by atoms with Crippen LogP contribution in [0.3, 0.4) is 0 Å². The Balaban J connectivity index is 2.83. The summed E-state index contributed by atoms with van der Waals surface area (Å²) in [5, 5.41) is 0. The second-order valence-electron chi connectivity index (χ2n) is 1.40. The minimum atomic E-state index is 0.747. The van der Waals surface area contributed by atoms with E-state index in [0.29, 0.717) is 0 Å². The fourth-order valence-corrected chi connectivity index (χ4v) is 0.705. The Morgan fingerprint density at radius 2 is 2.25 bits per heavy atom. The summed E-state index contributed by atoms with van der Waals surface area (Å²) in [6.45, 7) is 0.747. The molecule has 0 spiro atoms. The number of halogens is 1. The Morgan fingerprint density at radius 1 is 1.50 bits per heavy atom. The van der Waals surface area contributed by atoms with Crippen molar-refractivity contribution >= 4 is 22.6 Å². The average Bonchev–Trinajstić information content (AvgIpc) is 1.81. The van der Waals surface area contributed by atoms with Gasteiger partial charge in [0.05, 0.1) is 6.61 Å². The van der Waals surface area contributed by atoms with Gasteiger partial charge in [-0.1, -0.05) is 34.7 Å². The van der Waals surface area contributed by atoms with Crippen LogP contribution in [-0.4, -0.2) is 18.1 Å². The van der Waals surface area contributed by atoms with Crippen LogP contribution in [0.1, 0.15) is 6.42 Å². The summed E-state index contributed by atoms with van der Waals surface area (Å²) in [6.07, 6.45) is 5.33. The first-order valence-electron chi connectivity index (χ1n) is 2.61. The number of ether oxygens (including phenoxy) is 1. The molecule has 0 N–H and O–H groups in total. The molecule has 0 radical (unpaired) electrons. The monoisotopic (exact) mass is 226 g/mol. The predicted molar refractivity (Wildman–Crippen MR) is 44.5 cm³/mol. The molecule has 0 heterocycles. The van der Waals surface area contributed by atoms with Crippen molar-refractivity contribution in [2.24, 2.45) is 0 Å². The fraction of sp³-hybridized carbons (Fsp3) is 0.667. The van der Waals surface area contributed by atoms with Gasteiger partial charge in [0.15, 0.2) is 0 Å². The average molecular weight is 226 g/mol. The Bertz CT molecular complexity index is 53.5. The lowest BCUT2D eigenvalue weighted by Gasteiger charge is -1.85. The van der Waals surface area contributed by atoms with E-state index in [-0.39, 0.29) is 0 Å². The molecule has 0 aromatic rings. The highest BCUT2D eigenvalue weighted by Gasteiger charge is 1.72. The van der Waals surface area contributed by atoms with Gasteiger partial charge in [0.2, 0.25) is 0 Å². The van der Waals surface area contributed by atoms with Crippen molar-refractivity contribution in [3.8, 4) is 0 Å². The molecule has 0 aliphatic carbocycles. The predicted octanol–water partition coefficient (Wildman–Crippen LogP) is 2.01. The first-order valence-corrected chi connectivity index (χ1v) is 4.14. The van der Waals surface area contributed by atoms with Gasteiger partial charge in [0.1, 0.15) is 0 Å². The van der Waals surface area contributed by atoms with Gasteiger partial charge in [-0.25, -0.2) is 0 Å². The second-order valence-corrected chi connectivity index (χ2v) is 2.48. The van der Waals surface area contributed by atoms with Crippen LogP contribution in [0.15, 0.2) is 12.2 Å². The van der Waals surface area contributed by atoms with Crippen LogP contribution < -0.4 is 0 Å². The van der Waals surface area contributed by atoms with Crippen molar-refractivity contribution in [3.63, 3.8) is 0 Å². The molecule has 0 rings (SSSR count). The third-order valence-electron chi connectivity index (χ3n) is 0.705. The molecule has 0 amide bonds. The molecule has 8 heavy (non-hydrogen) atoms. The topological polar surface area (TPSA) is 9.23 Å². The van der Waals surface area contributed by atoms with Crippen LogP contribution in [0.4, 0.5) is 0 Å². The Kier molecular flexibility index (Phi) is 7.83. The maximum atomic E-state index is 4.80. The van der Waals surface area contributed by atoms with Crippen LogP contribution in [0.5, 0.6) is 0 Å². The minimum Gasteiger partial charge on any atom is -0.381 e. The molecule has 0 unspecified atom stereocenters. The number of allylic oxidation sites excluding steroid dienone is 1. The molecule has 2 heteroatoms. The fourth-order valence-electron chi connectivity index (χ4n) is 0.345. The Morgan fingerprint density at radius 3 is 2.75 bits per heavy atom. The van der Waals surface area contributed by atoms with Gasteiger partial charge < -0.3 is 4.74 Å². The van der Waals surface area contributed by atoms with Crippen LogP contribution in [0, 0.1) is 0 Å². The lowest BCUT2D eigenvalue weighted by molar-refractivity contribution is 0.233. The molecule has 0 aromatic heterocycles. The number of rotatable bonds is 4. The van der Waals surface area contributed by atoms with Gasteiger partial charge >= 0.3 is 0 Å². The molecule has 0 aliphatic rings. The third-order valence-corrected chi connectivity index (χ3v) is 1.33. The number of methoxy groups -OCH3 is 1. The lowest BCUT2D eigenvalue weighted by atomic mass is 10.4. The summed E-state index contributed by atoms with van der Waals surface area (Å²) < 4.78 is 5.99. The quantitative estimate of drug-likeness (QED) is 0.404. The van der Waals surface area contributed by atoms with Gasteiger partial charge in [-0.3, -0.25) is 0 Å².